The number of halogens is 4. The molecule has 1 saturated heterocycles. The molecule has 12 heteroatoms. The van der Waals surface area contributed by atoms with E-state index in [0.29, 0.717) is 54.6 Å². The zero-order chi connectivity index (χ0) is 31.5. The van der Waals surface area contributed by atoms with Crippen molar-refractivity contribution < 1.29 is 36.9 Å². The van der Waals surface area contributed by atoms with Crippen LogP contribution in [0.2, 0.25) is 0 Å². The number of hydrogen-bond donors (Lipinski definition) is 1. The third-order valence-corrected chi connectivity index (χ3v) is 9.10. The third kappa shape index (κ3) is 5.77. The fraction of sp³-hybridized carbons (Fsp3) is 0.424. The highest BCUT2D eigenvalue weighted by Gasteiger charge is 2.39. The smallest absolute Gasteiger partial charge is 0.421 e. The number of aromatic carboxylic acids is 1. The molecule has 0 spiro atoms. The number of rotatable bonds is 9. The number of aromatic nitrogens is 3. The molecule has 0 bridgehead atoms. The highest BCUT2D eigenvalue weighted by Crippen LogP contribution is 2.41. The van der Waals surface area contributed by atoms with Crippen LogP contribution in [0.15, 0.2) is 42.5 Å². The Kier molecular flexibility index (Phi) is 7.52. The number of pyridine rings is 1. The Balaban J connectivity index is 1.17. The summed E-state index contributed by atoms with van der Waals surface area (Å²) in [5, 5.41) is 9.49. The number of carboxylic acid groups (broad SMARTS) is 1. The zero-order valence-electron chi connectivity index (χ0n) is 24.6. The van der Waals surface area contributed by atoms with Crippen LogP contribution in [0.3, 0.4) is 0 Å². The van der Waals surface area contributed by atoms with Crippen molar-refractivity contribution in [2.45, 2.75) is 76.5 Å². The number of fused-ring (bicyclic) bond motifs is 2. The van der Waals surface area contributed by atoms with Gasteiger partial charge in [0.05, 0.1) is 42.0 Å². The SMILES string of the molecule is C[C@H]1c2nc(OCc3ccc(C4CC4)cc3)c(C(F)(F)F)cc2CCN1Cc1nc2ccc(C(=O)O)c(F)c2n1C[C@@H]1CCO1. The minimum absolute atomic E-state index is 0.0466. The number of carboxylic acids is 1. The predicted molar refractivity (Wildman–Crippen MR) is 156 cm³/mol. The normalized spacial score (nSPS) is 20.2. The van der Waals surface area contributed by atoms with E-state index >= 15 is 4.39 Å². The molecule has 2 fully saturated rings. The summed E-state index contributed by atoms with van der Waals surface area (Å²) in [6.45, 7) is 3.39. The summed E-state index contributed by atoms with van der Waals surface area (Å²) in [5.74, 6) is -1.61. The van der Waals surface area contributed by atoms with Gasteiger partial charge in [0.2, 0.25) is 5.88 Å². The summed E-state index contributed by atoms with van der Waals surface area (Å²) in [6, 6.07) is 11.2. The molecule has 8 nitrogen and oxygen atoms in total. The average Bonchev–Trinajstić information content (AvgIpc) is 3.77. The lowest BCUT2D eigenvalue weighted by Crippen LogP contribution is -2.36. The second-order valence-corrected chi connectivity index (χ2v) is 12.1. The van der Waals surface area contributed by atoms with Crippen molar-refractivity contribution >= 4 is 17.0 Å². The van der Waals surface area contributed by atoms with Crippen LogP contribution in [0, 0.1) is 5.82 Å². The molecule has 236 valence electrons. The Morgan fingerprint density at radius 1 is 1.11 bits per heavy atom. The number of benzene rings is 2. The summed E-state index contributed by atoms with van der Waals surface area (Å²) in [6.07, 6.45) is -1.36. The molecule has 0 unspecified atom stereocenters. The molecule has 1 aliphatic carbocycles. The Morgan fingerprint density at radius 2 is 1.87 bits per heavy atom. The number of nitrogens with zero attached hydrogens (tertiary/aromatic N) is 4. The molecule has 2 atom stereocenters. The van der Waals surface area contributed by atoms with Crippen LogP contribution < -0.4 is 4.74 Å². The summed E-state index contributed by atoms with van der Waals surface area (Å²) in [4.78, 5) is 22.8. The van der Waals surface area contributed by atoms with Crippen LogP contribution in [0.1, 0.15) is 82.3 Å². The highest BCUT2D eigenvalue weighted by molar-refractivity contribution is 5.93. The third-order valence-electron chi connectivity index (χ3n) is 9.10. The summed E-state index contributed by atoms with van der Waals surface area (Å²) < 4.78 is 70.8. The van der Waals surface area contributed by atoms with Crippen LogP contribution in [-0.2, 0) is 37.0 Å². The minimum Gasteiger partial charge on any atom is -0.478 e. The van der Waals surface area contributed by atoms with Gasteiger partial charge in [-0.15, -0.1) is 0 Å². The van der Waals surface area contributed by atoms with E-state index in [0.717, 1.165) is 30.9 Å². The lowest BCUT2D eigenvalue weighted by atomic mass is 9.97. The maximum Gasteiger partial charge on any atom is 0.421 e. The Hall–Kier alpha value is -4.03. The van der Waals surface area contributed by atoms with Crippen molar-refractivity contribution in [2.24, 2.45) is 0 Å². The summed E-state index contributed by atoms with van der Waals surface area (Å²) in [5.41, 5.74) is 2.05. The van der Waals surface area contributed by atoms with E-state index in [1.807, 2.05) is 36.1 Å². The van der Waals surface area contributed by atoms with E-state index in [9.17, 15) is 23.1 Å². The maximum absolute atomic E-state index is 15.4. The van der Waals surface area contributed by atoms with Gasteiger partial charge >= 0.3 is 12.1 Å². The van der Waals surface area contributed by atoms with Crippen molar-refractivity contribution in [3.05, 3.63) is 87.6 Å². The standard InChI is InChI=1S/C33H32F4N4O4/c1-18-29-22(14-25(33(35,36)37)31(39-29)45-17-19-2-4-20(5-3-19)21-6-7-21)10-12-40(18)16-27-38-26-9-8-24(32(42)43)28(34)30(26)41(27)15-23-11-13-44-23/h2-5,8-9,14,18,21,23H,6-7,10-13,15-17H2,1H3,(H,42,43)/t18-,23-/m0/s1. The molecule has 7 rings (SSSR count). The molecule has 2 aliphatic heterocycles. The largest absolute Gasteiger partial charge is 0.478 e. The average molecular weight is 625 g/mol. The van der Waals surface area contributed by atoms with Crippen LogP contribution in [-0.4, -0.2) is 49.8 Å². The Morgan fingerprint density at radius 3 is 2.51 bits per heavy atom. The minimum atomic E-state index is -4.64. The molecular weight excluding hydrogens is 592 g/mol. The predicted octanol–water partition coefficient (Wildman–Crippen LogP) is 6.65. The second-order valence-electron chi connectivity index (χ2n) is 12.1. The van der Waals surface area contributed by atoms with Crippen LogP contribution >= 0.6 is 0 Å². The molecule has 1 saturated carbocycles. The van der Waals surface area contributed by atoms with E-state index < -0.39 is 41.0 Å². The van der Waals surface area contributed by atoms with E-state index in [-0.39, 0.29) is 24.8 Å². The number of hydrogen-bond acceptors (Lipinski definition) is 6. The van der Waals surface area contributed by atoms with Gasteiger partial charge < -0.3 is 19.1 Å². The lowest BCUT2D eigenvalue weighted by Gasteiger charge is -2.35. The zero-order valence-corrected chi connectivity index (χ0v) is 24.6. The van der Waals surface area contributed by atoms with Gasteiger partial charge in [-0.3, -0.25) is 4.90 Å². The van der Waals surface area contributed by atoms with Crippen molar-refractivity contribution in [2.75, 3.05) is 13.2 Å². The molecule has 2 aromatic heterocycles. The van der Waals surface area contributed by atoms with Crippen molar-refractivity contribution in [1.82, 2.24) is 19.4 Å². The molecule has 0 radical (unpaired) electrons. The summed E-state index contributed by atoms with van der Waals surface area (Å²) >= 11 is 0. The molecule has 4 heterocycles. The van der Waals surface area contributed by atoms with Gasteiger partial charge in [0.25, 0.3) is 0 Å². The van der Waals surface area contributed by atoms with Gasteiger partial charge in [0.15, 0.2) is 5.82 Å². The van der Waals surface area contributed by atoms with E-state index in [4.69, 9.17) is 9.47 Å². The summed E-state index contributed by atoms with van der Waals surface area (Å²) in [7, 11) is 0. The first kappa shape index (κ1) is 29.7. The van der Waals surface area contributed by atoms with Crippen molar-refractivity contribution in [1.29, 1.82) is 0 Å². The van der Waals surface area contributed by atoms with Gasteiger partial charge in [-0.05, 0) is 73.4 Å². The molecule has 4 aromatic rings. The topological polar surface area (TPSA) is 89.7 Å². The van der Waals surface area contributed by atoms with Crippen LogP contribution in [0.25, 0.3) is 11.0 Å². The van der Waals surface area contributed by atoms with E-state index in [1.54, 1.807) is 4.57 Å². The Labute approximate surface area is 256 Å². The monoisotopic (exact) mass is 624 g/mol. The van der Waals surface area contributed by atoms with Gasteiger partial charge in [0.1, 0.15) is 23.5 Å². The quantitative estimate of drug-likeness (QED) is 0.209. The van der Waals surface area contributed by atoms with Gasteiger partial charge in [0, 0.05) is 13.2 Å². The number of carbonyl (C=O) groups is 1. The molecule has 1 N–H and O–H groups in total. The molecule has 2 aromatic carbocycles. The molecule has 3 aliphatic rings. The van der Waals surface area contributed by atoms with Gasteiger partial charge in [-0.1, -0.05) is 24.3 Å². The second kappa shape index (κ2) is 11.4. The van der Waals surface area contributed by atoms with Crippen molar-refractivity contribution in [3.8, 4) is 5.88 Å². The fourth-order valence-corrected chi connectivity index (χ4v) is 6.25. The first-order chi connectivity index (χ1) is 21.6. The molecule has 0 amide bonds. The van der Waals surface area contributed by atoms with E-state index in [2.05, 4.69) is 9.97 Å². The fourth-order valence-electron chi connectivity index (χ4n) is 6.25. The first-order valence-corrected chi connectivity index (χ1v) is 15.2. The van der Waals surface area contributed by atoms with Crippen LogP contribution in [0.4, 0.5) is 17.6 Å². The highest BCUT2D eigenvalue weighted by atomic mass is 19.4. The van der Waals surface area contributed by atoms with Gasteiger partial charge in [-0.2, -0.15) is 13.2 Å². The lowest BCUT2D eigenvalue weighted by molar-refractivity contribution is -0.139. The van der Waals surface area contributed by atoms with Crippen molar-refractivity contribution in [3.63, 3.8) is 0 Å². The number of ether oxygens (including phenoxy) is 2. The molecular formula is C33H32F4N4O4. The number of imidazole rings is 1. The van der Waals surface area contributed by atoms with E-state index in [1.165, 1.54) is 17.7 Å². The molecule has 45 heavy (non-hydrogen) atoms. The van der Waals surface area contributed by atoms with Gasteiger partial charge in [-0.25, -0.2) is 19.2 Å². The Bertz CT molecular complexity index is 1760. The maximum atomic E-state index is 15.4. The first-order valence-electron chi connectivity index (χ1n) is 15.2. The van der Waals surface area contributed by atoms with Crippen LogP contribution in [0.5, 0.6) is 5.88 Å². The number of alkyl halides is 3.